The molecule has 1 aliphatic rings. The predicted octanol–water partition coefficient (Wildman–Crippen LogP) is 1.62. The van der Waals surface area contributed by atoms with Crippen molar-refractivity contribution in [1.82, 2.24) is 34.4 Å². The molecule has 4 heterocycles. The van der Waals surface area contributed by atoms with Gasteiger partial charge in [-0.15, -0.1) is 0 Å². The fourth-order valence-corrected chi connectivity index (χ4v) is 4.46. The molecule has 35 heavy (non-hydrogen) atoms. The average molecular weight is 474 g/mol. The normalized spacial score (nSPS) is 15.2. The van der Waals surface area contributed by atoms with Gasteiger partial charge in [-0.05, 0) is 18.2 Å². The summed E-state index contributed by atoms with van der Waals surface area (Å²) in [5.41, 5.74) is 7.16. The Bertz CT molecular complexity index is 1670. The maximum Gasteiger partial charge on any atom is 0.328 e. The fourth-order valence-electron chi connectivity index (χ4n) is 4.46. The molecular weight excluding hydrogens is 455 g/mol. The standard InChI is InChI=1S/C23H19FN8O3/c24-12-5-6-14-16(9-12)31(11-27-14)22-28-19(21(33)26-10-25)18-20(30-22)32(23(34)29-18)15-7-8-35-17-4-2-1-3-13(15)17/h1-6,9,11,15H,7-8,10,25H2,(H,26,33)(H,29,34). The Morgan fingerprint density at radius 1 is 1.26 bits per heavy atom. The van der Waals surface area contributed by atoms with Crippen molar-refractivity contribution >= 4 is 28.1 Å². The van der Waals surface area contributed by atoms with E-state index in [1.54, 1.807) is 0 Å². The van der Waals surface area contributed by atoms with Gasteiger partial charge in [-0.3, -0.25) is 13.9 Å². The molecule has 5 aromatic rings. The lowest BCUT2D eigenvalue weighted by molar-refractivity contribution is 0.0951. The van der Waals surface area contributed by atoms with E-state index in [2.05, 4.69) is 25.3 Å². The first-order valence-corrected chi connectivity index (χ1v) is 10.9. The highest BCUT2D eigenvalue weighted by atomic mass is 19.1. The smallest absolute Gasteiger partial charge is 0.328 e. The quantitative estimate of drug-likeness (QED) is 0.336. The van der Waals surface area contributed by atoms with E-state index >= 15 is 0 Å². The van der Waals surface area contributed by atoms with Crippen molar-refractivity contribution in [2.45, 2.75) is 12.5 Å². The number of aromatic amines is 1. The number of fused-ring (bicyclic) bond motifs is 3. The molecule has 176 valence electrons. The minimum absolute atomic E-state index is 0.0564. The number of nitrogens with one attached hydrogen (secondary N) is 2. The van der Waals surface area contributed by atoms with E-state index in [-0.39, 0.29) is 35.5 Å². The number of ether oxygens (including phenoxy) is 1. The fraction of sp³-hybridized carbons (Fsp3) is 0.174. The van der Waals surface area contributed by atoms with E-state index < -0.39 is 17.4 Å². The van der Waals surface area contributed by atoms with Crippen molar-refractivity contribution < 1.29 is 13.9 Å². The molecule has 12 heteroatoms. The van der Waals surface area contributed by atoms with Crippen LogP contribution in [0.3, 0.4) is 0 Å². The topological polar surface area (TPSA) is 146 Å². The van der Waals surface area contributed by atoms with Gasteiger partial charge in [0.25, 0.3) is 5.91 Å². The summed E-state index contributed by atoms with van der Waals surface area (Å²) in [4.78, 5) is 42.1. The van der Waals surface area contributed by atoms with Crippen LogP contribution in [0.1, 0.15) is 28.5 Å². The van der Waals surface area contributed by atoms with Gasteiger partial charge >= 0.3 is 5.69 Å². The van der Waals surface area contributed by atoms with Crippen LogP contribution in [-0.4, -0.2) is 48.3 Å². The van der Waals surface area contributed by atoms with Crippen LogP contribution in [0.15, 0.2) is 53.6 Å². The number of H-pyrrole nitrogens is 1. The van der Waals surface area contributed by atoms with Crippen LogP contribution in [0.25, 0.3) is 28.1 Å². The zero-order valence-electron chi connectivity index (χ0n) is 18.2. The Kier molecular flexibility index (Phi) is 4.81. The summed E-state index contributed by atoms with van der Waals surface area (Å²) in [6.45, 7) is 0.280. The van der Waals surface area contributed by atoms with Gasteiger partial charge in [0.2, 0.25) is 5.95 Å². The van der Waals surface area contributed by atoms with Gasteiger partial charge < -0.3 is 20.8 Å². The average Bonchev–Trinajstić information content (AvgIpc) is 3.43. The number of carbonyl (C=O) groups excluding carboxylic acids is 1. The molecule has 11 nitrogen and oxygen atoms in total. The van der Waals surface area contributed by atoms with E-state index in [1.807, 2.05) is 24.3 Å². The van der Waals surface area contributed by atoms with E-state index in [4.69, 9.17) is 10.5 Å². The highest BCUT2D eigenvalue weighted by Crippen LogP contribution is 2.35. The largest absolute Gasteiger partial charge is 0.493 e. The molecule has 1 amide bonds. The maximum absolute atomic E-state index is 14.0. The Morgan fingerprint density at radius 3 is 2.97 bits per heavy atom. The zero-order valence-corrected chi connectivity index (χ0v) is 18.2. The second-order valence-corrected chi connectivity index (χ2v) is 8.02. The Hall–Kier alpha value is -4.58. The van der Waals surface area contributed by atoms with E-state index in [9.17, 15) is 14.0 Å². The highest BCUT2D eigenvalue weighted by molar-refractivity contribution is 6.02. The van der Waals surface area contributed by atoms with Crippen molar-refractivity contribution in [3.05, 3.63) is 76.4 Å². The van der Waals surface area contributed by atoms with Gasteiger partial charge in [-0.2, -0.15) is 4.98 Å². The maximum atomic E-state index is 14.0. The summed E-state index contributed by atoms with van der Waals surface area (Å²) in [6.07, 6.45) is 1.96. The Morgan fingerprint density at radius 2 is 2.11 bits per heavy atom. The van der Waals surface area contributed by atoms with Crippen molar-refractivity contribution in [2.75, 3.05) is 13.3 Å². The third-order valence-corrected chi connectivity index (χ3v) is 6.00. The molecule has 0 saturated heterocycles. The first-order chi connectivity index (χ1) is 17.0. The second-order valence-electron chi connectivity index (χ2n) is 8.02. The number of nitrogens with two attached hydrogens (primary N) is 1. The van der Waals surface area contributed by atoms with E-state index in [0.717, 1.165) is 5.56 Å². The number of para-hydroxylation sites is 1. The van der Waals surface area contributed by atoms with Crippen molar-refractivity contribution in [2.24, 2.45) is 5.73 Å². The van der Waals surface area contributed by atoms with Crippen LogP contribution >= 0.6 is 0 Å². The summed E-state index contributed by atoms with van der Waals surface area (Å²) in [5, 5.41) is 2.51. The van der Waals surface area contributed by atoms with Crippen LogP contribution in [0.4, 0.5) is 4.39 Å². The molecule has 0 bridgehead atoms. The molecule has 1 aliphatic heterocycles. The lowest BCUT2D eigenvalue weighted by atomic mass is 10.0. The summed E-state index contributed by atoms with van der Waals surface area (Å²) in [5.74, 6) is -0.311. The number of hydrogen-bond donors (Lipinski definition) is 3. The van der Waals surface area contributed by atoms with Crippen LogP contribution in [0.5, 0.6) is 5.75 Å². The number of benzene rings is 2. The number of aromatic nitrogens is 6. The number of halogens is 1. The number of amides is 1. The molecule has 4 N–H and O–H groups in total. The van der Waals surface area contributed by atoms with Gasteiger partial charge in [0.15, 0.2) is 11.3 Å². The van der Waals surface area contributed by atoms with Gasteiger partial charge in [0.1, 0.15) is 23.4 Å². The second kappa shape index (κ2) is 8.02. The Balaban J connectivity index is 1.63. The summed E-state index contributed by atoms with van der Waals surface area (Å²) in [6, 6.07) is 11.2. The third-order valence-electron chi connectivity index (χ3n) is 6.00. The molecule has 6 rings (SSSR count). The SMILES string of the molecule is NCNC(=O)c1nc(-n2cnc3ccc(F)cc32)nc2c1[nH]c(=O)n2C1CCOc2ccccc21. The first-order valence-electron chi connectivity index (χ1n) is 10.9. The number of rotatable bonds is 4. The molecule has 2 aromatic carbocycles. The van der Waals surface area contributed by atoms with Gasteiger partial charge in [0, 0.05) is 18.1 Å². The Labute approximate surface area is 196 Å². The van der Waals surface area contributed by atoms with Crippen molar-refractivity contribution in [1.29, 1.82) is 0 Å². The molecule has 1 atom stereocenters. The van der Waals surface area contributed by atoms with Gasteiger partial charge in [0.05, 0.1) is 30.4 Å². The monoisotopic (exact) mass is 474 g/mol. The highest BCUT2D eigenvalue weighted by Gasteiger charge is 2.29. The molecule has 0 spiro atoms. The van der Waals surface area contributed by atoms with Crippen molar-refractivity contribution in [3.63, 3.8) is 0 Å². The van der Waals surface area contributed by atoms with Crippen LogP contribution in [0.2, 0.25) is 0 Å². The van der Waals surface area contributed by atoms with Crippen molar-refractivity contribution in [3.8, 4) is 11.7 Å². The number of imidazole rings is 2. The summed E-state index contributed by atoms with van der Waals surface area (Å²) < 4.78 is 22.7. The van der Waals surface area contributed by atoms with Gasteiger partial charge in [-0.25, -0.2) is 19.2 Å². The third kappa shape index (κ3) is 3.34. The van der Waals surface area contributed by atoms with Crippen LogP contribution < -0.4 is 21.5 Å². The lowest BCUT2D eigenvalue weighted by Gasteiger charge is -2.26. The molecule has 0 aliphatic carbocycles. The number of hydrogen-bond acceptors (Lipinski definition) is 7. The molecule has 0 radical (unpaired) electrons. The number of nitrogens with zero attached hydrogens (tertiary/aromatic N) is 5. The van der Waals surface area contributed by atoms with Crippen LogP contribution in [-0.2, 0) is 0 Å². The van der Waals surface area contributed by atoms with Crippen LogP contribution in [0, 0.1) is 5.82 Å². The lowest BCUT2D eigenvalue weighted by Crippen LogP contribution is -2.30. The molecular formula is C23H19FN8O3. The molecule has 3 aromatic heterocycles. The van der Waals surface area contributed by atoms with Gasteiger partial charge in [-0.1, -0.05) is 18.2 Å². The van der Waals surface area contributed by atoms with E-state index in [1.165, 1.54) is 33.7 Å². The minimum Gasteiger partial charge on any atom is -0.493 e. The predicted molar refractivity (Wildman–Crippen MR) is 124 cm³/mol. The zero-order chi connectivity index (χ0) is 24.1. The first kappa shape index (κ1) is 21.0. The minimum atomic E-state index is -0.586. The molecule has 1 unspecified atom stereocenters. The van der Waals surface area contributed by atoms with E-state index in [0.29, 0.717) is 29.8 Å². The molecule has 0 fully saturated rings. The number of carbonyl (C=O) groups is 1. The summed E-state index contributed by atoms with van der Waals surface area (Å²) >= 11 is 0. The molecule has 0 saturated carbocycles. The summed E-state index contributed by atoms with van der Waals surface area (Å²) in [7, 11) is 0.